The maximum atomic E-state index is 13.2. The molecule has 0 atom stereocenters. The Morgan fingerprint density at radius 3 is 2.04 bits per heavy atom. The average molecular weight is 330 g/mol. The Bertz CT molecular complexity index is 639. The molecule has 126 valence electrons. The van der Waals surface area contributed by atoms with Crippen molar-refractivity contribution in [3.05, 3.63) is 11.7 Å². The average Bonchev–Trinajstić information content (AvgIpc) is 3.20. The van der Waals surface area contributed by atoms with Gasteiger partial charge in [-0.05, 0) is 51.4 Å². The van der Waals surface area contributed by atoms with Gasteiger partial charge in [-0.25, -0.2) is 0 Å². The summed E-state index contributed by atoms with van der Waals surface area (Å²) in [5.41, 5.74) is -3.04. The van der Waals surface area contributed by atoms with Crippen LogP contribution < -0.4 is 0 Å². The van der Waals surface area contributed by atoms with Crippen molar-refractivity contribution in [3.63, 3.8) is 0 Å². The second-order valence-electron chi connectivity index (χ2n) is 7.37. The SMILES string of the molecule is O=C(O)C12CCC(c3noc(C4(C(F)(F)F)CC4)n3)(CC1)CC2. The van der Waals surface area contributed by atoms with Crippen LogP contribution >= 0.6 is 0 Å². The maximum Gasteiger partial charge on any atom is 0.403 e. The van der Waals surface area contributed by atoms with E-state index in [1.54, 1.807) is 0 Å². The van der Waals surface area contributed by atoms with Crippen LogP contribution in [0.1, 0.15) is 63.1 Å². The molecule has 2 bridgehead atoms. The smallest absolute Gasteiger partial charge is 0.403 e. The fraction of sp³-hybridized carbons (Fsp3) is 0.800. The van der Waals surface area contributed by atoms with E-state index in [0.717, 1.165) is 0 Å². The molecule has 1 aromatic rings. The van der Waals surface area contributed by atoms with Gasteiger partial charge in [-0.15, -0.1) is 0 Å². The van der Waals surface area contributed by atoms with Crippen molar-refractivity contribution in [2.45, 2.75) is 68.4 Å². The molecule has 0 aliphatic heterocycles. The van der Waals surface area contributed by atoms with Gasteiger partial charge in [0.2, 0.25) is 5.89 Å². The highest BCUT2D eigenvalue weighted by atomic mass is 19.4. The summed E-state index contributed by atoms with van der Waals surface area (Å²) in [6.45, 7) is 0. The minimum Gasteiger partial charge on any atom is -0.481 e. The molecule has 0 unspecified atom stereocenters. The molecule has 1 heterocycles. The van der Waals surface area contributed by atoms with E-state index in [-0.39, 0.29) is 18.7 Å². The predicted octanol–water partition coefficient (Wildman–Crippen LogP) is 3.34. The normalized spacial score (nSPS) is 35.3. The monoisotopic (exact) mass is 330 g/mol. The first-order valence-corrected chi connectivity index (χ1v) is 7.88. The highest BCUT2D eigenvalue weighted by Crippen LogP contribution is 2.60. The summed E-state index contributed by atoms with van der Waals surface area (Å²) in [5, 5.41) is 13.3. The summed E-state index contributed by atoms with van der Waals surface area (Å²) in [4.78, 5) is 15.6. The van der Waals surface area contributed by atoms with Crippen molar-refractivity contribution in [2.75, 3.05) is 0 Å². The van der Waals surface area contributed by atoms with Gasteiger partial charge >= 0.3 is 12.1 Å². The lowest BCUT2D eigenvalue weighted by Crippen LogP contribution is -2.48. The number of halogens is 3. The number of carboxylic acids is 1. The van der Waals surface area contributed by atoms with Crippen molar-refractivity contribution in [1.82, 2.24) is 10.1 Å². The van der Waals surface area contributed by atoms with Gasteiger partial charge in [0.05, 0.1) is 5.41 Å². The first-order valence-electron chi connectivity index (χ1n) is 7.88. The van der Waals surface area contributed by atoms with Crippen LogP contribution in [0, 0.1) is 5.41 Å². The molecule has 0 aromatic carbocycles. The lowest BCUT2D eigenvalue weighted by atomic mass is 9.53. The third-order valence-corrected chi connectivity index (χ3v) is 6.30. The van der Waals surface area contributed by atoms with Gasteiger partial charge in [-0.1, -0.05) is 5.16 Å². The molecule has 0 radical (unpaired) electrons. The largest absolute Gasteiger partial charge is 0.481 e. The third kappa shape index (κ3) is 1.89. The van der Waals surface area contributed by atoms with Gasteiger partial charge in [0.1, 0.15) is 5.41 Å². The molecule has 5 rings (SSSR count). The summed E-state index contributed by atoms with van der Waals surface area (Å²) < 4.78 is 44.5. The minimum absolute atomic E-state index is 0.00669. The van der Waals surface area contributed by atoms with E-state index >= 15 is 0 Å². The molecule has 23 heavy (non-hydrogen) atoms. The first kappa shape index (κ1) is 15.0. The van der Waals surface area contributed by atoms with Gasteiger partial charge < -0.3 is 9.63 Å². The maximum absolute atomic E-state index is 13.2. The molecule has 4 aliphatic rings. The lowest BCUT2D eigenvalue weighted by Gasteiger charge is -2.49. The molecule has 5 nitrogen and oxygen atoms in total. The molecule has 4 aliphatic carbocycles. The summed E-state index contributed by atoms with van der Waals surface area (Å²) in [6.07, 6.45) is -1.03. The second-order valence-corrected chi connectivity index (χ2v) is 7.37. The Kier molecular flexibility index (Phi) is 2.78. The Hall–Kier alpha value is -1.60. The van der Waals surface area contributed by atoms with Gasteiger partial charge in [0.25, 0.3) is 0 Å². The van der Waals surface area contributed by atoms with Crippen molar-refractivity contribution in [2.24, 2.45) is 5.41 Å². The topological polar surface area (TPSA) is 76.2 Å². The molecule has 0 spiro atoms. The quantitative estimate of drug-likeness (QED) is 0.920. The molecule has 1 aromatic heterocycles. The summed E-state index contributed by atoms with van der Waals surface area (Å²) in [5.74, 6) is -0.759. The lowest BCUT2D eigenvalue weighted by molar-refractivity contribution is -0.166. The summed E-state index contributed by atoms with van der Waals surface area (Å²) in [7, 11) is 0. The Labute approximate surface area is 130 Å². The standard InChI is InChI=1S/C15H17F3N2O3/c16-15(17,18)14(7-8-14)10-19-9(20-23-10)12-1-4-13(5-2-12,6-3-12)11(21)22/h1-8H2,(H,21,22). The van der Waals surface area contributed by atoms with Crippen LogP contribution in [0.15, 0.2) is 4.52 Å². The third-order valence-electron chi connectivity index (χ3n) is 6.30. The van der Waals surface area contributed by atoms with Crippen molar-refractivity contribution in [1.29, 1.82) is 0 Å². The van der Waals surface area contributed by atoms with E-state index < -0.39 is 28.4 Å². The predicted molar refractivity (Wildman–Crippen MR) is 70.7 cm³/mol. The molecular weight excluding hydrogens is 313 g/mol. The number of aromatic nitrogens is 2. The highest BCUT2D eigenvalue weighted by molar-refractivity contribution is 5.75. The number of hydrogen-bond acceptors (Lipinski definition) is 4. The van der Waals surface area contributed by atoms with E-state index in [1.807, 2.05) is 0 Å². The van der Waals surface area contributed by atoms with Gasteiger partial charge in [-0.3, -0.25) is 4.79 Å². The zero-order chi connectivity index (χ0) is 16.5. The fourth-order valence-corrected chi connectivity index (χ4v) is 4.22. The van der Waals surface area contributed by atoms with Gasteiger partial charge in [-0.2, -0.15) is 18.2 Å². The van der Waals surface area contributed by atoms with Crippen LogP contribution in [0.2, 0.25) is 0 Å². The van der Waals surface area contributed by atoms with Crippen LogP contribution in [0.3, 0.4) is 0 Å². The molecule has 0 saturated heterocycles. The summed E-state index contributed by atoms with van der Waals surface area (Å²) >= 11 is 0. The molecule has 1 N–H and O–H groups in total. The number of nitrogens with zero attached hydrogens (tertiary/aromatic N) is 2. The number of alkyl halides is 3. The molecule has 8 heteroatoms. The van der Waals surface area contributed by atoms with Gasteiger partial charge in [0.15, 0.2) is 5.82 Å². The van der Waals surface area contributed by atoms with Crippen LogP contribution in [-0.2, 0) is 15.6 Å². The van der Waals surface area contributed by atoms with E-state index in [9.17, 15) is 23.1 Å². The zero-order valence-corrected chi connectivity index (χ0v) is 12.4. The molecular formula is C15H17F3N2O3. The second kappa shape index (κ2) is 4.27. The molecule has 4 fully saturated rings. The Balaban J connectivity index is 1.61. The van der Waals surface area contributed by atoms with Crippen LogP contribution in [0.4, 0.5) is 13.2 Å². The molecule has 4 saturated carbocycles. The van der Waals surface area contributed by atoms with Crippen LogP contribution in [0.25, 0.3) is 0 Å². The zero-order valence-electron chi connectivity index (χ0n) is 12.4. The molecule has 0 amide bonds. The number of fused-ring (bicyclic) bond motifs is 3. The van der Waals surface area contributed by atoms with E-state index in [2.05, 4.69) is 10.1 Å². The van der Waals surface area contributed by atoms with Crippen LogP contribution in [-0.4, -0.2) is 27.4 Å². The van der Waals surface area contributed by atoms with E-state index in [4.69, 9.17) is 4.52 Å². The Morgan fingerprint density at radius 1 is 1.04 bits per heavy atom. The number of carboxylic acid groups (broad SMARTS) is 1. The van der Waals surface area contributed by atoms with Crippen molar-refractivity contribution < 1.29 is 27.6 Å². The van der Waals surface area contributed by atoms with E-state index in [1.165, 1.54) is 0 Å². The first-order chi connectivity index (χ1) is 10.7. The number of aliphatic carboxylic acids is 1. The Morgan fingerprint density at radius 2 is 1.61 bits per heavy atom. The van der Waals surface area contributed by atoms with E-state index in [0.29, 0.717) is 44.3 Å². The summed E-state index contributed by atoms with van der Waals surface area (Å²) in [6, 6.07) is 0. The van der Waals surface area contributed by atoms with Gasteiger partial charge in [0, 0.05) is 5.41 Å². The number of hydrogen-bond donors (Lipinski definition) is 1. The minimum atomic E-state index is -4.37. The number of carbonyl (C=O) groups is 1. The highest BCUT2D eigenvalue weighted by Gasteiger charge is 2.68. The van der Waals surface area contributed by atoms with Crippen molar-refractivity contribution >= 4 is 5.97 Å². The van der Waals surface area contributed by atoms with Crippen LogP contribution in [0.5, 0.6) is 0 Å². The fourth-order valence-electron chi connectivity index (χ4n) is 4.22. The van der Waals surface area contributed by atoms with Crippen molar-refractivity contribution in [3.8, 4) is 0 Å². The number of rotatable bonds is 3.